The van der Waals surface area contributed by atoms with Gasteiger partial charge in [0.2, 0.25) is 11.8 Å². The van der Waals surface area contributed by atoms with Crippen molar-refractivity contribution in [2.45, 2.75) is 31.8 Å². The number of likely N-dealkylation sites (N-methyl/N-ethyl adjacent to an activating group) is 1. The predicted molar refractivity (Wildman–Crippen MR) is 104 cm³/mol. The lowest BCUT2D eigenvalue weighted by molar-refractivity contribution is -0.122. The van der Waals surface area contributed by atoms with Gasteiger partial charge in [0.1, 0.15) is 0 Å². The number of benzene rings is 2. The molecule has 0 spiro atoms. The summed E-state index contributed by atoms with van der Waals surface area (Å²) < 4.78 is 0. The zero-order valence-corrected chi connectivity index (χ0v) is 15.2. The molecule has 2 aromatic rings. The van der Waals surface area contributed by atoms with Crippen molar-refractivity contribution < 1.29 is 9.59 Å². The fourth-order valence-corrected chi connectivity index (χ4v) is 3.37. The Labute approximate surface area is 154 Å². The standard InChI is InChI=1S/C21H25N3O2/c1-3-20(25)22-18-13-19(24(2)14-18)21(26)23-17-11-7-10-16(12-17)15-8-5-4-6-9-15/h4-12,18-19H,3,13-14H2,1-2H3,(H,22,25)(H,23,26). The van der Waals surface area contributed by atoms with E-state index in [1.165, 1.54) is 0 Å². The number of nitrogens with one attached hydrogen (secondary N) is 2. The summed E-state index contributed by atoms with van der Waals surface area (Å²) in [6, 6.07) is 17.7. The highest BCUT2D eigenvalue weighted by Crippen LogP contribution is 2.23. The minimum atomic E-state index is -0.238. The van der Waals surface area contributed by atoms with Gasteiger partial charge >= 0.3 is 0 Å². The van der Waals surface area contributed by atoms with Crippen LogP contribution in [-0.4, -0.2) is 42.4 Å². The fourth-order valence-electron chi connectivity index (χ4n) is 3.37. The first-order chi connectivity index (χ1) is 12.6. The molecule has 2 amide bonds. The van der Waals surface area contributed by atoms with Crippen LogP contribution in [0.3, 0.4) is 0 Å². The van der Waals surface area contributed by atoms with E-state index >= 15 is 0 Å². The summed E-state index contributed by atoms with van der Waals surface area (Å²) in [6.45, 7) is 2.52. The summed E-state index contributed by atoms with van der Waals surface area (Å²) in [4.78, 5) is 26.3. The van der Waals surface area contributed by atoms with E-state index < -0.39 is 0 Å². The van der Waals surface area contributed by atoms with Crippen LogP contribution in [0.1, 0.15) is 19.8 Å². The normalized spacial score (nSPS) is 19.9. The van der Waals surface area contributed by atoms with E-state index in [2.05, 4.69) is 10.6 Å². The Balaban J connectivity index is 1.66. The van der Waals surface area contributed by atoms with Crippen LogP contribution in [0.2, 0.25) is 0 Å². The molecule has 1 aliphatic rings. The first-order valence-corrected chi connectivity index (χ1v) is 9.02. The molecule has 0 aromatic heterocycles. The quantitative estimate of drug-likeness (QED) is 0.871. The molecule has 0 radical (unpaired) electrons. The smallest absolute Gasteiger partial charge is 0.241 e. The van der Waals surface area contributed by atoms with Gasteiger partial charge in [-0.1, -0.05) is 49.4 Å². The summed E-state index contributed by atoms with van der Waals surface area (Å²) in [6.07, 6.45) is 1.09. The van der Waals surface area contributed by atoms with Crippen LogP contribution in [0.15, 0.2) is 54.6 Å². The largest absolute Gasteiger partial charge is 0.352 e. The van der Waals surface area contributed by atoms with Crippen LogP contribution >= 0.6 is 0 Å². The number of hydrogen-bond donors (Lipinski definition) is 2. The second-order valence-corrected chi connectivity index (χ2v) is 6.75. The van der Waals surface area contributed by atoms with E-state index in [-0.39, 0.29) is 23.9 Å². The molecule has 2 unspecified atom stereocenters. The highest BCUT2D eigenvalue weighted by atomic mass is 16.2. The SMILES string of the molecule is CCC(=O)NC1CC(C(=O)Nc2cccc(-c3ccccc3)c2)N(C)C1. The molecule has 5 nitrogen and oxygen atoms in total. The average molecular weight is 351 g/mol. The third-order valence-corrected chi connectivity index (χ3v) is 4.77. The van der Waals surface area contributed by atoms with Crippen LogP contribution in [0.4, 0.5) is 5.69 Å². The Morgan fingerprint density at radius 1 is 1.08 bits per heavy atom. The van der Waals surface area contributed by atoms with Crippen molar-refractivity contribution in [3.05, 3.63) is 54.6 Å². The molecule has 1 heterocycles. The van der Waals surface area contributed by atoms with Crippen molar-refractivity contribution in [2.24, 2.45) is 0 Å². The predicted octanol–water partition coefficient (Wildman–Crippen LogP) is 2.89. The lowest BCUT2D eigenvalue weighted by Crippen LogP contribution is -2.37. The fraction of sp³-hybridized carbons (Fsp3) is 0.333. The highest BCUT2D eigenvalue weighted by Gasteiger charge is 2.35. The number of likely N-dealkylation sites (tertiary alicyclic amines) is 1. The van der Waals surface area contributed by atoms with E-state index in [4.69, 9.17) is 0 Å². The van der Waals surface area contributed by atoms with Crippen molar-refractivity contribution in [2.75, 3.05) is 18.9 Å². The number of carbonyl (C=O) groups excluding carboxylic acids is 2. The minimum absolute atomic E-state index is 0.0267. The van der Waals surface area contributed by atoms with Gasteiger partial charge in [-0.05, 0) is 36.7 Å². The molecule has 1 aliphatic heterocycles. The lowest BCUT2D eigenvalue weighted by Gasteiger charge is -2.18. The van der Waals surface area contributed by atoms with E-state index in [0.29, 0.717) is 19.4 Å². The Morgan fingerprint density at radius 3 is 2.54 bits per heavy atom. The minimum Gasteiger partial charge on any atom is -0.352 e. The van der Waals surface area contributed by atoms with Gasteiger partial charge in [-0.15, -0.1) is 0 Å². The Bertz CT molecular complexity index is 776. The molecule has 3 rings (SSSR count). The number of carbonyl (C=O) groups is 2. The number of hydrogen-bond acceptors (Lipinski definition) is 3. The summed E-state index contributed by atoms with van der Waals surface area (Å²) in [5.41, 5.74) is 2.96. The molecule has 0 saturated carbocycles. The molecule has 26 heavy (non-hydrogen) atoms. The van der Waals surface area contributed by atoms with Crippen molar-refractivity contribution >= 4 is 17.5 Å². The molecule has 136 valence electrons. The molecule has 0 bridgehead atoms. The van der Waals surface area contributed by atoms with Gasteiger partial charge in [-0.2, -0.15) is 0 Å². The van der Waals surface area contributed by atoms with Crippen LogP contribution < -0.4 is 10.6 Å². The van der Waals surface area contributed by atoms with Gasteiger partial charge in [0, 0.05) is 24.7 Å². The maximum atomic E-state index is 12.7. The molecular weight excluding hydrogens is 326 g/mol. The summed E-state index contributed by atoms with van der Waals surface area (Å²) in [7, 11) is 1.92. The maximum absolute atomic E-state index is 12.7. The molecule has 2 atom stereocenters. The number of nitrogens with zero attached hydrogens (tertiary/aromatic N) is 1. The van der Waals surface area contributed by atoms with Gasteiger partial charge in [-0.3, -0.25) is 14.5 Å². The highest BCUT2D eigenvalue weighted by molar-refractivity contribution is 5.95. The van der Waals surface area contributed by atoms with Gasteiger partial charge in [0.05, 0.1) is 6.04 Å². The van der Waals surface area contributed by atoms with Gasteiger partial charge in [0.15, 0.2) is 0 Å². The Hall–Kier alpha value is -2.66. The summed E-state index contributed by atoms with van der Waals surface area (Å²) in [5, 5.41) is 6.00. The van der Waals surface area contributed by atoms with Crippen molar-refractivity contribution in [1.82, 2.24) is 10.2 Å². The molecule has 1 saturated heterocycles. The van der Waals surface area contributed by atoms with Gasteiger partial charge in [-0.25, -0.2) is 0 Å². The molecule has 5 heteroatoms. The molecule has 2 aromatic carbocycles. The first-order valence-electron chi connectivity index (χ1n) is 9.02. The zero-order chi connectivity index (χ0) is 18.5. The molecule has 1 fully saturated rings. The van der Waals surface area contributed by atoms with Crippen LogP contribution in [0.25, 0.3) is 11.1 Å². The second-order valence-electron chi connectivity index (χ2n) is 6.75. The van der Waals surface area contributed by atoms with Crippen molar-refractivity contribution in [3.8, 4) is 11.1 Å². The number of rotatable bonds is 5. The van der Waals surface area contributed by atoms with Crippen molar-refractivity contribution in [3.63, 3.8) is 0 Å². The number of amides is 2. The van der Waals surface area contributed by atoms with E-state index in [1.54, 1.807) is 0 Å². The summed E-state index contributed by atoms with van der Waals surface area (Å²) in [5.74, 6) is -0.00835. The van der Waals surface area contributed by atoms with Gasteiger partial charge in [0.25, 0.3) is 0 Å². The van der Waals surface area contributed by atoms with E-state index in [0.717, 1.165) is 16.8 Å². The van der Waals surface area contributed by atoms with Crippen LogP contribution in [0.5, 0.6) is 0 Å². The number of anilines is 1. The first kappa shape index (κ1) is 18.1. The monoisotopic (exact) mass is 351 g/mol. The lowest BCUT2D eigenvalue weighted by atomic mass is 10.1. The maximum Gasteiger partial charge on any atom is 0.241 e. The third kappa shape index (κ3) is 4.29. The molecular formula is C21H25N3O2. The van der Waals surface area contributed by atoms with E-state index in [9.17, 15) is 9.59 Å². The third-order valence-electron chi connectivity index (χ3n) is 4.77. The second kappa shape index (κ2) is 8.15. The Morgan fingerprint density at radius 2 is 1.81 bits per heavy atom. The zero-order valence-electron chi connectivity index (χ0n) is 15.2. The van der Waals surface area contributed by atoms with Gasteiger partial charge < -0.3 is 10.6 Å². The summed E-state index contributed by atoms with van der Waals surface area (Å²) >= 11 is 0. The average Bonchev–Trinajstić information content (AvgIpc) is 3.02. The van der Waals surface area contributed by atoms with Crippen LogP contribution in [0, 0.1) is 0 Å². The molecule has 2 N–H and O–H groups in total. The van der Waals surface area contributed by atoms with E-state index in [1.807, 2.05) is 73.5 Å². The molecule has 0 aliphatic carbocycles. The van der Waals surface area contributed by atoms with Crippen LogP contribution in [-0.2, 0) is 9.59 Å². The Kier molecular flexibility index (Phi) is 5.68. The topological polar surface area (TPSA) is 61.4 Å². The van der Waals surface area contributed by atoms with Crippen molar-refractivity contribution in [1.29, 1.82) is 0 Å².